The number of nitrogens with one attached hydrogen (secondary N) is 1. The van der Waals surface area contributed by atoms with Gasteiger partial charge in [-0.25, -0.2) is 0 Å². The molecule has 0 aliphatic carbocycles. The third kappa shape index (κ3) is 2.66. The van der Waals surface area contributed by atoms with E-state index in [1.54, 1.807) is 6.07 Å². The SMILES string of the molecule is CCN(c1ccc([N+](=O)[O-])cc1C#N)C1CCNC1. The van der Waals surface area contributed by atoms with Gasteiger partial charge in [0.2, 0.25) is 0 Å². The highest BCUT2D eigenvalue weighted by atomic mass is 16.6. The number of nitriles is 1. The van der Waals surface area contributed by atoms with Crippen molar-refractivity contribution in [2.75, 3.05) is 24.5 Å². The largest absolute Gasteiger partial charge is 0.366 e. The van der Waals surface area contributed by atoms with E-state index < -0.39 is 4.92 Å². The molecule has 1 fully saturated rings. The summed E-state index contributed by atoms with van der Waals surface area (Å²) in [6.45, 7) is 4.66. The van der Waals surface area contributed by atoms with Crippen LogP contribution in [0.4, 0.5) is 11.4 Å². The molecule has 1 aliphatic heterocycles. The number of nitro groups is 1. The maximum absolute atomic E-state index is 10.7. The summed E-state index contributed by atoms with van der Waals surface area (Å²) in [5, 5.41) is 23.2. The number of anilines is 1. The molecule has 1 heterocycles. The van der Waals surface area contributed by atoms with Gasteiger partial charge < -0.3 is 10.2 Å². The fourth-order valence-electron chi connectivity index (χ4n) is 2.51. The predicted molar refractivity (Wildman–Crippen MR) is 72.1 cm³/mol. The van der Waals surface area contributed by atoms with Crippen molar-refractivity contribution in [1.82, 2.24) is 5.32 Å². The first-order chi connectivity index (χ1) is 9.17. The summed E-state index contributed by atoms with van der Waals surface area (Å²) in [5.41, 5.74) is 1.10. The van der Waals surface area contributed by atoms with Crippen LogP contribution in [0.15, 0.2) is 18.2 Å². The molecule has 2 rings (SSSR count). The van der Waals surface area contributed by atoms with Gasteiger partial charge in [0.25, 0.3) is 5.69 Å². The van der Waals surface area contributed by atoms with E-state index in [1.807, 2.05) is 6.92 Å². The van der Waals surface area contributed by atoms with Crippen LogP contribution in [0.2, 0.25) is 0 Å². The number of non-ortho nitro benzene ring substituents is 1. The molecule has 1 aromatic rings. The lowest BCUT2D eigenvalue weighted by molar-refractivity contribution is -0.384. The summed E-state index contributed by atoms with van der Waals surface area (Å²) >= 11 is 0. The van der Waals surface area contributed by atoms with Gasteiger partial charge in [0.05, 0.1) is 16.2 Å². The van der Waals surface area contributed by atoms with Gasteiger partial charge in [0.1, 0.15) is 6.07 Å². The summed E-state index contributed by atoms with van der Waals surface area (Å²) in [6.07, 6.45) is 1.02. The van der Waals surface area contributed by atoms with Gasteiger partial charge in [0, 0.05) is 31.3 Å². The molecule has 0 bridgehead atoms. The van der Waals surface area contributed by atoms with Crippen LogP contribution in [0.25, 0.3) is 0 Å². The van der Waals surface area contributed by atoms with Gasteiger partial charge in [-0.2, -0.15) is 5.26 Å². The maximum Gasteiger partial charge on any atom is 0.270 e. The lowest BCUT2D eigenvalue weighted by Crippen LogP contribution is -2.37. The van der Waals surface area contributed by atoms with Gasteiger partial charge >= 0.3 is 0 Å². The second kappa shape index (κ2) is 5.67. The van der Waals surface area contributed by atoms with Crippen LogP contribution in [0, 0.1) is 21.4 Å². The third-order valence-corrected chi connectivity index (χ3v) is 3.44. The fraction of sp³-hybridized carbons (Fsp3) is 0.462. The van der Waals surface area contributed by atoms with Gasteiger partial charge in [-0.15, -0.1) is 0 Å². The second-order valence-corrected chi connectivity index (χ2v) is 4.50. The normalized spacial score (nSPS) is 18.0. The number of nitrogens with zero attached hydrogens (tertiary/aromatic N) is 3. The first-order valence-corrected chi connectivity index (χ1v) is 6.33. The van der Waals surface area contributed by atoms with Crippen molar-refractivity contribution in [2.45, 2.75) is 19.4 Å². The Morgan fingerprint density at radius 1 is 1.63 bits per heavy atom. The molecule has 1 saturated heterocycles. The molecule has 1 atom stereocenters. The smallest absolute Gasteiger partial charge is 0.270 e. The minimum atomic E-state index is -0.474. The quantitative estimate of drug-likeness (QED) is 0.657. The molecule has 0 saturated carbocycles. The van der Waals surface area contributed by atoms with Crippen molar-refractivity contribution in [2.24, 2.45) is 0 Å². The molecule has 0 aromatic heterocycles. The number of hydrogen-bond donors (Lipinski definition) is 1. The highest BCUT2D eigenvalue weighted by Crippen LogP contribution is 2.27. The van der Waals surface area contributed by atoms with Crippen molar-refractivity contribution in [1.29, 1.82) is 5.26 Å². The van der Waals surface area contributed by atoms with Crippen molar-refractivity contribution >= 4 is 11.4 Å². The summed E-state index contributed by atoms with van der Waals surface area (Å²) < 4.78 is 0. The topological polar surface area (TPSA) is 82.2 Å². The first-order valence-electron chi connectivity index (χ1n) is 6.33. The van der Waals surface area contributed by atoms with Gasteiger partial charge in [-0.3, -0.25) is 10.1 Å². The van der Waals surface area contributed by atoms with Crippen LogP contribution in [0.1, 0.15) is 18.9 Å². The Morgan fingerprint density at radius 2 is 2.42 bits per heavy atom. The first kappa shape index (κ1) is 13.3. The number of rotatable bonds is 4. The predicted octanol–water partition coefficient (Wildman–Crippen LogP) is 1.65. The van der Waals surface area contributed by atoms with Crippen LogP contribution < -0.4 is 10.2 Å². The molecular weight excluding hydrogens is 244 g/mol. The minimum absolute atomic E-state index is 0.0408. The Bertz CT molecular complexity index is 518. The molecule has 1 unspecified atom stereocenters. The summed E-state index contributed by atoms with van der Waals surface area (Å²) in [6, 6.07) is 6.89. The van der Waals surface area contributed by atoms with E-state index in [4.69, 9.17) is 0 Å². The number of hydrogen-bond acceptors (Lipinski definition) is 5. The molecular formula is C13H16N4O2. The average molecular weight is 260 g/mol. The number of benzene rings is 1. The van der Waals surface area contributed by atoms with E-state index in [9.17, 15) is 15.4 Å². The van der Waals surface area contributed by atoms with E-state index >= 15 is 0 Å². The highest BCUT2D eigenvalue weighted by molar-refractivity contribution is 5.63. The Hall–Kier alpha value is -2.13. The van der Waals surface area contributed by atoms with Crippen LogP contribution >= 0.6 is 0 Å². The Kier molecular flexibility index (Phi) is 3.97. The fourth-order valence-corrected chi connectivity index (χ4v) is 2.51. The monoisotopic (exact) mass is 260 g/mol. The van der Waals surface area contributed by atoms with Crippen LogP contribution in [-0.4, -0.2) is 30.6 Å². The van der Waals surface area contributed by atoms with Gasteiger partial charge in [0.15, 0.2) is 0 Å². The second-order valence-electron chi connectivity index (χ2n) is 4.50. The molecule has 19 heavy (non-hydrogen) atoms. The summed E-state index contributed by atoms with van der Waals surface area (Å²) in [5.74, 6) is 0. The molecule has 1 aromatic carbocycles. The van der Waals surface area contributed by atoms with Gasteiger partial charge in [-0.1, -0.05) is 0 Å². The third-order valence-electron chi connectivity index (χ3n) is 3.44. The Labute approximate surface area is 111 Å². The summed E-state index contributed by atoms with van der Waals surface area (Å²) in [7, 11) is 0. The molecule has 0 amide bonds. The van der Waals surface area contributed by atoms with E-state index in [0.29, 0.717) is 11.6 Å². The maximum atomic E-state index is 10.7. The van der Waals surface area contributed by atoms with Crippen molar-refractivity contribution in [3.05, 3.63) is 33.9 Å². The lowest BCUT2D eigenvalue weighted by atomic mass is 10.1. The standard InChI is InChI=1S/C13H16N4O2/c1-2-16(12-5-6-15-9-12)13-4-3-11(17(18)19)7-10(13)8-14/h3-4,7,12,15H,2,5-6,9H2,1H3. The van der Waals surface area contributed by atoms with Crippen molar-refractivity contribution < 1.29 is 4.92 Å². The molecule has 1 N–H and O–H groups in total. The number of nitro benzene ring substituents is 1. The van der Waals surface area contributed by atoms with Crippen LogP contribution in [0.3, 0.4) is 0 Å². The Morgan fingerprint density at radius 3 is 2.95 bits per heavy atom. The van der Waals surface area contributed by atoms with Crippen molar-refractivity contribution in [3.63, 3.8) is 0 Å². The minimum Gasteiger partial charge on any atom is -0.366 e. The molecule has 0 spiro atoms. The van der Waals surface area contributed by atoms with Gasteiger partial charge in [-0.05, 0) is 26.0 Å². The zero-order valence-corrected chi connectivity index (χ0v) is 10.8. The molecule has 100 valence electrons. The van der Waals surface area contributed by atoms with E-state index in [-0.39, 0.29) is 5.69 Å². The van der Waals surface area contributed by atoms with Crippen LogP contribution in [-0.2, 0) is 0 Å². The summed E-state index contributed by atoms with van der Waals surface area (Å²) in [4.78, 5) is 12.4. The zero-order chi connectivity index (χ0) is 13.8. The number of likely N-dealkylation sites (N-methyl/N-ethyl adjacent to an activating group) is 1. The van der Waals surface area contributed by atoms with Crippen molar-refractivity contribution in [3.8, 4) is 6.07 Å². The van der Waals surface area contributed by atoms with Crippen LogP contribution in [0.5, 0.6) is 0 Å². The molecule has 0 radical (unpaired) electrons. The average Bonchev–Trinajstić information content (AvgIpc) is 2.93. The highest BCUT2D eigenvalue weighted by Gasteiger charge is 2.24. The van der Waals surface area contributed by atoms with E-state index in [2.05, 4.69) is 16.3 Å². The zero-order valence-electron chi connectivity index (χ0n) is 10.8. The molecule has 6 heteroatoms. The van der Waals surface area contributed by atoms with E-state index in [0.717, 1.165) is 31.7 Å². The Balaban J connectivity index is 2.37. The van der Waals surface area contributed by atoms with E-state index in [1.165, 1.54) is 12.1 Å². The lowest BCUT2D eigenvalue weighted by Gasteiger charge is -2.30. The molecule has 6 nitrogen and oxygen atoms in total. The molecule has 1 aliphatic rings.